The van der Waals surface area contributed by atoms with Crippen molar-refractivity contribution in [3.8, 4) is 0 Å². The summed E-state index contributed by atoms with van der Waals surface area (Å²) in [7, 11) is 0. The lowest BCUT2D eigenvalue weighted by atomic mass is 9.88. The zero-order valence-corrected chi connectivity index (χ0v) is 19.9. The summed E-state index contributed by atoms with van der Waals surface area (Å²) in [5.74, 6) is -2.11. The van der Waals surface area contributed by atoms with Crippen molar-refractivity contribution in [3.05, 3.63) is 95.7 Å². The molecule has 3 heterocycles. The summed E-state index contributed by atoms with van der Waals surface area (Å²) >= 11 is 0. The summed E-state index contributed by atoms with van der Waals surface area (Å²) in [5, 5.41) is 4.69. The van der Waals surface area contributed by atoms with E-state index in [1.807, 2.05) is 30.5 Å². The second-order valence-corrected chi connectivity index (χ2v) is 9.59. The number of nitrogens with zero attached hydrogens (tertiary/aromatic N) is 2. The molecular weight excluding hydrogens is 458 g/mol. The third-order valence-corrected chi connectivity index (χ3v) is 7.56. The molecule has 0 amide bonds. The number of aryl methyl sites for hydroxylation is 1. The summed E-state index contributed by atoms with van der Waals surface area (Å²) in [4.78, 5) is 21.5. The molecule has 3 aromatic carbocycles. The van der Waals surface area contributed by atoms with Gasteiger partial charge >= 0.3 is 0 Å². The van der Waals surface area contributed by atoms with Crippen molar-refractivity contribution in [2.45, 2.75) is 24.9 Å². The van der Waals surface area contributed by atoms with E-state index >= 15 is 0 Å². The topological polar surface area (TPSA) is 51.4 Å². The van der Waals surface area contributed by atoms with Crippen LogP contribution in [0, 0.1) is 11.6 Å². The number of hydrogen-bond acceptors (Lipinski definition) is 4. The summed E-state index contributed by atoms with van der Waals surface area (Å²) < 4.78 is 29.4. The minimum atomic E-state index is -0.806. The highest BCUT2D eigenvalue weighted by Crippen LogP contribution is 2.31. The van der Waals surface area contributed by atoms with E-state index in [0.717, 1.165) is 53.9 Å². The molecule has 0 spiro atoms. The van der Waals surface area contributed by atoms with Gasteiger partial charge in [-0.25, -0.2) is 8.78 Å². The molecule has 0 bridgehead atoms. The van der Waals surface area contributed by atoms with Crippen molar-refractivity contribution in [1.29, 1.82) is 0 Å². The minimum absolute atomic E-state index is 0.244. The average molecular weight is 487 g/mol. The van der Waals surface area contributed by atoms with Crippen LogP contribution in [0.4, 0.5) is 20.2 Å². The van der Waals surface area contributed by atoms with Crippen LogP contribution < -0.4 is 10.2 Å². The number of ketones is 1. The molecule has 2 unspecified atom stereocenters. The van der Waals surface area contributed by atoms with Crippen molar-refractivity contribution < 1.29 is 13.6 Å². The Morgan fingerprint density at radius 3 is 2.44 bits per heavy atom. The van der Waals surface area contributed by atoms with Crippen LogP contribution in [0.25, 0.3) is 10.9 Å². The van der Waals surface area contributed by atoms with Gasteiger partial charge in [0, 0.05) is 60.7 Å². The van der Waals surface area contributed by atoms with Crippen LogP contribution >= 0.6 is 0 Å². The third-order valence-electron chi connectivity index (χ3n) is 7.56. The lowest BCUT2D eigenvalue weighted by Gasteiger charge is -2.44. The summed E-state index contributed by atoms with van der Waals surface area (Å²) in [6.07, 6.45) is 3.47. The number of carbonyl (C=O) groups is 1. The first kappa shape index (κ1) is 22.7. The number of piperazine rings is 1. The molecule has 2 aliphatic heterocycles. The van der Waals surface area contributed by atoms with Gasteiger partial charge in [0.25, 0.3) is 0 Å². The number of Topliss-reactive ketones (excluding diaryl/α,β-unsaturated/α-hetero) is 1. The van der Waals surface area contributed by atoms with E-state index in [-0.39, 0.29) is 6.04 Å². The highest BCUT2D eigenvalue weighted by atomic mass is 19.1. The maximum absolute atomic E-state index is 14.7. The number of carbonyl (C=O) groups excluding carboxylic acids is 1. The molecule has 0 radical (unpaired) electrons. The molecule has 0 saturated carbocycles. The maximum atomic E-state index is 14.7. The van der Waals surface area contributed by atoms with Crippen LogP contribution in [0.2, 0.25) is 0 Å². The molecule has 7 heteroatoms. The van der Waals surface area contributed by atoms with Crippen molar-refractivity contribution in [2.75, 3.05) is 36.4 Å². The molecule has 2 atom stereocenters. The summed E-state index contributed by atoms with van der Waals surface area (Å²) in [6, 6.07) is 19.0. The average Bonchev–Trinajstić information content (AvgIpc) is 3.38. The van der Waals surface area contributed by atoms with Crippen LogP contribution in [0.3, 0.4) is 0 Å². The fraction of sp³-hybridized carbons (Fsp3) is 0.276. The number of para-hydroxylation sites is 1. The largest absolute Gasteiger partial charge is 0.380 e. The Kier molecular flexibility index (Phi) is 5.93. The van der Waals surface area contributed by atoms with Gasteiger partial charge in [-0.05, 0) is 54.8 Å². The van der Waals surface area contributed by atoms with Gasteiger partial charge in [-0.15, -0.1) is 0 Å². The normalized spacial score (nSPS) is 19.1. The van der Waals surface area contributed by atoms with E-state index in [1.165, 1.54) is 11.6 Å². The Bertz CT molecular complexity index is 1390. The number of halogens is 2. The van der Waals surface area contributed by atoms with Gasteiger partial charge < -0.3 is 15.2 Å². The van der Waals surface area contributed by atoms with Crippen LogP contribution in [-0.2, 0) is 6.42 Å². The summed E-state index contributed by atoms with van der Waals surface area (Å²) in [5.41, 5.74) is 3.98. The molecule has 0 aliphatic carbocycles. The number of aromatic amines is 1. The van der Waals surface area contributed by atoms with E-state index in [4.69, 9.17) is 0 Å². The van der Waals surface area contributed by atoms with E-state index in [2.05, 4.69) is 44.4 Å². The van der Waals surface area contributed by atoms with Crippen LogP contribution in [0.15, 0.2) is 72.9 Å². The molecular formula is C29H28F2N4O. The highest BCUT2D eigenvalue weighted by molar-refractivity contribution is 6.01. The first-order valence-electron chi connectivity index (χ1n) is 12.5. The van der Waals surface area contributed by atoms with Gasteiger partial charge in [0.15, 0.2) is 5.78 Å². The van der Waals surface area contributed by atoms with Gasteiger partial charge in [0.2, 0.25) is 0 Å². The van der Waals surface area contributed by atoms with E-state index in [9.17, 15) is 13.6 Å². The zero-order chi connectivity index (χ0) is 24.6. The number of fused-ring (bicyclic) bond motifs is 2. The number of hydrogen-bond donors (Lipinski definition) is 2. The molecule has 184 valence electrons. The number of nitrogens with one attached hydrogen (secondary N) is 2. The highest BCUT2D eigenvalue weighted by Gasteiger charge is 2.39. The van der Waals surface area contributed by atoms with Crippen molar-refractivity contribution in [3.63, 3.8) is 0 Å². The van der Waals surface area contributed by atoms with E-state index in [0.29, 0.717) is 19.5 Å². The lowest BCUT2D eigenvalue weighted by Crippen LogP contribution is -2.59. The van der Waals surface area contributed by atoms with Gasteiger partial charge in [0.05, 0.1) is 11.6 Å². The van der Waals surface area contributed by atoms with Crippen molar-refractivity contribution >= 4 is 28.1 Å². The van der Waals surface area contributed by atoms with Crippen molar-refractivity contribution in [1.82, 2.24) is 9.88 Å². The number of H-pyrrole nitrogens is 1. The first-order chi connectivity index (χ1) is 17.6. The molecule has 6 rings (SSSR count). The van der Waals surface area contributed by atoms with Gasteiger partial charge in [0.1, 0.15) is 11.6 Å². The Morgan fingerprint density at radius 2 is 1.64 bits per heavy atom. The van der Waals surface area contributed by atoms with Crippen LogP contribution in [-0.4, -0.2) is 53.9 Å². The molecule has 1 fully saturated rings. The molecule has 5 nitrogen and oxygen atoms in total. The number of rotatable bonds is 5. The minimum Gasteiger partial charge on any atom is -0.380 e. The fourth-order valence-corrected chi connectivity index (χ4v) is 5.77. The number of benzene rings is 3. The quantitative estimate of drug-likeness (QED) is 0.379. The number of anilines is 2. The monoisotopic (exact) mass is 486 g/mol. The fourth-order valence-electron chi connectivity index (χ4n) is 5.77. The van der Waals surface area contributed by atoms with E-state index < -0.39 is 29.0 Å². The number of aromatic nitrogens is 1. The van der Waals surface area contributed by atoms with Gasteiger partial charge in [-0.3, -0.25) is 9.69 Å². The maximum Gasteiger partial charge on any atom is 0.187 e. The molecule has 2 N–H and O–H groups in total. The van der Waals surface area contributed by atoms with Crippen molar-refractivity contribution in [2.24, 2.45) is 0 Å². The van der Waals surface area contributed by atoms with Gasteiger partial charge in [-0.1, -0.05) is 30.3 Å². The SMILES string of the molecule is O=C(c1c(F)cccc1F)C(C1CCc2ccccc2N1)N1CCN(c2cccc3[nH]ccc23)CC1. The predicted molar refractivity (Wildman–Crippen MR) is 139 cm³/mol. The Labute approximate surface area is 208 Å². The lowest BCUT2D eigenvalue weighted by molar-refractivity contribution is 0.0762. The predicted octanol–water partition coefficient (Wildman–Crippen LogP) is 5.25. The molecule has 36 heavy (non-hydrogen) atoms. The molecule has 1 aromatic heterocycles. The zero-order valence-electron chi connectivity index (χ0n) is 19.9. The van der Waals surface area contributed by atoms with E-state index in [1.54, 1.807) is 0 Å². The Balaban J connectivity index is 1.29. The summed E-state index contributed by atoms with van der Waals surface area (Å²) in [6.45, 7) is 2.68. The Hall–Kier alpha value is -3.71. The Morgan fingerprint density at radius 1 is 0.889 bits per heavy atom. The molecule has 1 saturated heterocycles. The van der Waals surface area contributed by atoms with Gasteiger partial charge in [-0.2, -0.15) is 0 Å². The van der Waals surface area contributed by atoms with Crippen LogP contribution in [0.5, 0.6) is 0 Å². The van der Waals surface area contributed by atoms with Crippen LogP contribution in [0.1, 0.15) is 22.3 Å². The second-order valence-electron chi connectivity index (χ2n) is 9.59. The molecule has 2 aliphatic rings. The second kappa shape index (κ2) is 9.39. The smallest absolute Gasteiger partial charge is 0.187 e. The third kappa shape index (κ3) is 4.03. The molecule has 4 aromatic rings. The standard InChI is InChI=1S/C29H28F2N4O/c30-21-6-3-7-22(31)27(21)29(36)28(25-12-11-19-5-1-2-8-23(19)33-25)35-17-15-34(16-18-35)26-10-4-9-24-20(26)13-14-32-24/h1-10,13-14,25,28,32-33H,11-12,15-18H2. The first-order valence-corrected chi connectivity index (χ1v) is 12.5.